The minimum Gasteiger partial charge on any atom is -0.357 e. The number of rotatable bonds is 2. The Kier molecular flexibility index (Phi) is 3.68. The minimum absolute atomic E-state index is 0.706. The summed E-state index contributed by atoms with van der Waals surface area (Å²) in [5.41, 5.74) is 4.07. The second-order valence-electron chi connectivity index (χ2n) is 6.96. The van der Waals surface area contributed by atoms with Gasteiger partial charge in [0.2, 0.25) is 0 Å². The number of aromatic nitrogens is 1. The Morgan fingerprint density at radius 1 is 1.09 bits per heavy atom. The van der Waals surface area contributed by atoms with E-state index in [0.29, 0.717) is 6.04 Å². The molecule has 0 aliphatic carbocycles. The predicted octanol–water partition coefficient (Wildman–Crippen LogP) is 1.91. The summed E-state index contributed by atoms with van der Waals surface area (Å²) in [5, 5.41) is 1.37. The maximum atomic E-state index is 3.63. The number of aryl methyl sites for hydroxylation is 1. The molecule has 0 radical (unpaired) electrons. The summed E-state index contributed by atoms with van der Waals surface area (Å²) >= 11 is 0. The van der Waals surface area contributed by atoms with Gasteiger partial charge in [0.05, 0.1) is 0 Å². The number of fused-ring (bicyclic) bond motifs is 2. The number of piperazine rings is 2. The van der Waals surface area contributed by atoms with Crippen molar-refractivity contribution in [2.75, 3.05) is 46.3 Å². The zero-order chi connectivity index (χ0) is 15.1. The average molecular weight is 298 g/mol. The van der Waals surface area contributed by atoms with Gasteiger partial charge < -0.3 is 9.88 Å². The van der Waals surface area contributed by atoms with Gasteiger partial charge in [-0.25, -0.2) is 0 Å². The number of aromatic amines is 1. The number of hydrogen-bond donors (Lipinski definition) is 1. The first-order valence-electron chi connectivity index (χ1n) is 8.42. The first kappa shape index (κ1) is 14.2. The summed E-state index contributed by atoms with van der Waals surface area (Å²) in [5.74, 6) is 0. The zero-order valence-corrected chi connectivity index (χ0v) is 13.7. The molecule has 4 heteroatoms. The number of nitrogens with one attached hydrogen (secondary N) is 1. The van der Waals surface area contributed by atoms with Crippen LogP contribution in [0.25, 0.3) is 10.9 Å². The molecule has 4 nitrogen and oxygen atoms in total. The van der Waals surface area contributed by atoms with E-state index >= 15 is 0 Å². The van der Waals surface area contributed by atoms with Gasteiger partial charge in [0.25, 0.3) is 0 Å². The van der Waals surface area contributed by atoms with Crippen LogP contribution in [0, 0.1) is 6.92 Å². The SMILES string of the molecule is Cc1c(CN2CCN3CCN(C)CC3C2)[nH]c2ccccc12. The Morgan fingerprint density at radius 3 is 2.77 bits per heavy atom. The van der Waals surface area contributed by atoms with Crippen LogP contribution >= 0.6 is 0 Å². The molecule has 1 aromatic carbocycles. The second kappa shape index (κ2) is 5.69. The van der Waals surface area contributed by atoms with Crippen molar-refractivity contribution >= 4 is 10.9 Å². The Bertz CT molecular complexity index is 662. The first-order chi connectivity index (χ1) is 10.7. The van der Waals surface area contributed by atoms with Gasteiger partial charge in [-0.2, -0.15) is 0 Å². The molecule has 1 unspecified atom stereocenters. The van der Waals surface area contributed by atoms with E-state index in [2.05, 4.69) is 57.9 Å². The summed E-state index contributed by atoms with van der Waals surface area (Å²) in [6.45, 7) is 10.6. The Labute approximate surface area is 132 Å². The van der Waals surface area contributed by atoms with Gasteiger partial charge in [0, 0.05) is 68.5 Å². The Morgan fingerprint density at radius 2 is 1.91 bits per heavy atom. The van der Waals surface area contributed by atoms with Crippen molar-refractivity contribution in [3.63, 3.8) is 0 Å². The van der Waals surface area contributed by atoms with Crippen LogP contribution in [-0.4, -0.2) is 72.0 Å². The van der Waals surface area contributed by atoms with Gasteiger partial charge in [-0.1, -0.05) is 18.2 Å². The molecule has 4 rings (SSSR count). The van der Waals surface area contributed by atoms with Gasteiger partial charge in [0.15, 0.2) is 0 Å². The normalized spacial score (nSPS) is 24.7. The Balaban J connectivity index is 1.49. The number of para-hydroxylation sites is 1. The van der Waals surface area contributed by atoms with Crippen LogP contribution in [0.15, 0.2) is 24.3 Å². The molecule has 2 fully saturated rings. The number of hydrogen-bond acceptors (Lipinski definition) is 3. The molecule has 2 aliphatic rings. The van der Waals surface area contributed by atoms with Gasteiger partial charge in [-0.15, -0.1) is 0 Å². The summed E-state index contributed by atoms with van der Waals surface area (Å²) in [6.07, 6.45) is 0. The third kappa shape index (κ3) is 2.56. The lowest BCUT2D eigenvalue weighted by molar-refractivity contribution is 0.0171. The van der Waals surface area contributed by atoms with Crippen molar-refractivity contribution in [2.45, 2.75) is 19.5 Å². The van der Waals surface area contributed by atoms with Crippen LogP contribution in [0.5, 0.6) is 0 Å². The van der Waals surface area contributed by atoms with E-state index in [-0.39, 0.29) is 0 Å². The highest BCUT2D eigenvalue weighted by atomic mass is 15.3. The first-order valence-corrected chi connectivity index (χ1v) is 8.42. The summed E-state index contributed by atoms with van der Waals surface area (Å²) in [7, 11) is 2.25. The number of benzene rings is 1. The smallest absolute Gasteiger partial charge is 0.0459 e. The van der Waals surface area contributed by atoms with E-state index in [1.54, 1.807) is 0 Å². The van der Waals surface area contributed by atoms with E-state index in [0.717, 1.165) is 6.54 Å². The zero-order valence-electron chi connectivity index (χ0n) is 13.7. The molecular formula is C18H26N4. The topological polar surface area (TPSA) is 25.5 Å². The van der Waals surface area contributed by atoms with E-state index in [1.807, 2.05) is 0 Å². The van der Waals surface area contributed by atoms with E-state index in [1.165, 1.54) is 61.4 Å². The molecule has 22 heavy (non-hydrogen) atoms. The summed E-state index contributed by atoms with van der Waals surface area (Å²) < 4.78 is 0. The fourth-order valence-corrected chi connectivity index (χ4v) is 4.04. The lowest BCUT2D eigenvalue weighted by atomic mass is 10.1. The molecule has 1 atom stereocenters. The molecule has 2 aliphatic heterocycles. The second-order valence-corrected chi connectivity index (χ2v) is 6.96. The number of likely N-dealkylation sites (N-methyl/N-ethyl adjacent to an activating group) is 1. The van der Waals surface area contributed by atoms with Crippen LogP contribution in [0.4, 0.5) is 0 Å². The quantitative estimate of drug-likeness (QED) is 0.917. The van der Waals surface area contributed by atoms with Gasteiger partial charge in [0.1, 0.15) is 0 Å². The monoisotopic (exact) mass is 298 g/mol. The molecule has 0 saturated carbocycles. The number of nitrogens with zero attached hydrogens (tertiary/aromatic N) is 3. The molecular weight excluding hydrogens is 272 g/mol. The molecule has 2 saturated heterocycles. The fourth-order valence-electron chi connectivity index (χ4n) is 4.04. The predicted molar refractivity (Wildman–Crippen MR) is 91.2 cm³/mol. The van der Waals surface area contributed by atoms with Crippen LogP contribution in [0.2, 0.25) is 0 Å². The molecule has 2 aromatic rings. The van der Waals surface area contributed by atoms with Crippen molar-refractivity contribution in [1.29, 1.82) is 0 Å². The number of H-pyrrole nitrogens is 1. The molecule has 0 spiro atoms. The molecule has 1 N–H and O–H groups in total. The molecule has 0 bridgehead atoms. The average Bonchev–Trinajstić information content (AvgIpc) is 2.84. The molecule has 118 valence electrons. The van der Waals surface area contributed by atoms with E-state index in [4.69, 9.17) is 0 Å². The Hall–Kier alpha value is -1.36. The van der Waals surface area contributed by atoms with Crippen molar-refractivity contribution in [1.82, 2.24) is 19.7 Å². The summed E-state index contributed by atoms with van der Waals surface area (Å²) in [6, 6.07) is 9.35. The van der Waals surface area contributed by atoms with Crippen LogP contribution in [0.3, 0.4) is 0 Å². The van der Waals surface area contributed by atoms with Crippen molar-refractivity contribution < 1.29 is 0 Å². The highest BCUT2D eigenvalue weighted by molar-refractivity contribution is 5.84. The molecule has 3 heterocycles. The van der Waals surface area contributed by atoms with E-state index in [9.17, 15) is 0 Å². The standard InChI is InChI=1S/C18H26N4/c1-14-16-5-3-4-6-17(16)19-18(14)13-21-8-10-22-9-7-20(2)11-15(22)12-21/h3-6,15,19H,7-13H2,1-2H3. The van der Waals surface area contributed by atoms with Crippen molar-refractivity contribution in [3.05, 3.63) is 35.5 Å². The maximum Gasteiger partial charge on any atom is 0.0459 e. The van der Waals surface area contributed by atoms with Crippen LogP contribution < -0.4 is 0 Å². The van der Waals surface area contributed by atoms with Crippen LogP contribution in [-0.2, 0) is 6.54 Å². The highest BCUT2D eigenvalue weighted by Gasteiger charge is 2.31. The molecule has 0 amide bonds. The van der Waals surface area contributed by atoms with Crippen molar-refractivity contribution in [3.8, 4) is 0 Å². The largest absolute Gasteiger partial charge is 0.357 e. The van der Waals surface area contributed by atoms with E-state index < -0.39 is 0 Å². The van der Waals surface area contributed by atoms with Crippen molar-refractivity contribution in [2.24, 2.45) is 0 Å². The van der Waals surface area contributed by atoms with Gasteiger partial charge >= 0.3 is 0 Å². The summed E-state index contributed by atoms with van der Waals surface area (Å²) in [4.78, 5) is 11.4. The minimum atomic E-state index is 0.706. The lowest BCUT2D eigenvalue weighted by Crippen LogP contribution is -2.61. The molecule has 1 aromatic heterocycles. The third-order valence-corrected chi connectivity index (χ3v) is 5.43. The van der Waals surface area contributed by atoms with Gasteiger partial charge in [-0.05, 0) is 25.6 Å². The maximum absolute atomic E-state index is 3.63. The fraction of sp³-hybridized carbons (Fsp3) is 0.556. The van der Waals surface area contributed by atoms with Gasteiger partial charge in [-0.3, -0.25) is 9.80 Å². The third-order valence-electron chi connectivity index (χ3n) is 5.43. The lowest BCUT2D eigenvalue weighted by Gasteiger charge is -2.46. The highest BCUT2D eigenvalue weighted by Crippen LogP contribution is 2.23. The van der Waals surface area contributed by atoms with Crippen LogP contribution in [0.1, 0.15) is 11.3 Å².